The lowest BCUT2D eigenvalue weighted by molar-refractivity contribution is -0.140. The van der Waals surface area contributed by atoms with Crippen LogP contribution in [0, 0.1) is 0 Å². The van der Waals surface area contributed by atoms with Crippen LogP contribution in [-0.2, 0) is 25.2 Å². The van der Waals surface area contributed by atoms with Crippen LogP contribution < -0.4 is 10.6 Å². The first-order chi connectivity index (χ1) is 7.79. The van der Waals surface area contributed by atoms with Crippen molar-refractivity contribution in [3.63, 3.8) is 0 Å². The molecule has 0 saturated heterocycles. The van der Waals surface area contributed by atoms with Crippen molar-refractivity contribution in [2.24, 2.45) is 0 Å². The molecule has 3 unspecified atom stereocenters. The van der Waals surface area contributed by atoms with Gasteiger partial charge in [-0.2, -0.15) is 0 Å². The Bertz CT molecular complexity index is 344. The molecule has 0 spiro atoms. The molecule has 0 aromatic rings. The second-order valence-corrected chi connectivity index (χ2v) is 5.20. The molecule has 0 aliphatic rings. The molecule has 0 aromatic heterocycles. The molecule has 0 aromatic carbocycles. The van der Waals surface area contributed by atoms with Gasteiger partial charge in [-0.15, -0.1) is 0 Å². The molecule has 98 valence electrons. The van der Waals surface area contributed by atoms with Crippen LogP contribution in [0.25, 0.3) is 0 Å². The molecule has 8 heteroatoms. The van der Waals surface area contributed by atoms with E-state index in [1.165, 1.54) is 20.9 Å². The Kier molecular flexibility index (Phi) is 6.40. The fourth-order valence-electron chi connectivity index (χ4n) is 1.05. The van der Waals surface area contributed by atoms with Crippen LogP contribution in [0.4, 0.5) is 0 Å². The average Bonchev–Trinajstić information content (AvgIpc) is 2.25. The fraction of sp³-hybridized carbons (Fsp3) is 0.667. The second-order valence-electron chi connectivity index (χ2n) is 3.40. The Morgan fingerprint density at radius 1 is 1.35 bits per heavy atom. The van der Waals surface area contributed by atoms with E-state index < -0.39 is 39.9 Å². The predicted octanol–water partition coefficient (Wildman–Crippen LogP) is -1.54. The quantitative estimate of drug-likeness (QED) is 0.538. The van der Waals surface area contributed by atoms with E-state index in [-0.39, 0.29) is 5.75 Å². The van der Waals surface area contributed by atoms with E-state index in [1.54, 1.807) is 0 Å². The van der Waals surface area contributed by atoms with Crippen molar-refractivity contribution in [1.29, 1.82) is 0 Å². The van der Waals surface area contributed by atoms with Gasteiger partial charge in [-0.3, -0.25) is 13.8 Å². The Balaban J connectivity index is 4.55. The number of carbonyl (C=O) groups excluding carboxylic acids is 2. The summed E-state index contributed by atoms with van der Waals surface area (Å²) in [6.45, 7) is 2.60. The first-order valence-corrected chi connectivity index (χ1v) is 6.26. The van der Waals surface area contributed by atoms with Crippen molar-refractivity contribution < 1.29 is 23.7 Å². The van der Waals surface area contributed by atoms with Crippen molar-refractivity contribution in [3.05, 3.63) is 0 Å². The van der Waals surface area contributed by atoms with Crippen LogP contribution >= 0.6 is 0 Å². The van der Waals surface area contributed by atoms with Crippen LogP contribution in [0.2, 0.25) is 0 Å². The van der Waals surface area contributed by atoms with E-state index >= 15 is 0 Å². The summed E-state index contributed by atoms with van der Waals surface area (Å²) in [7, 11) is -0.268. The summed E-state index contributed by atoms with van der Waals surface area (Å²) >= 11 is 0. The van der Waals surface area contributed by atoms with Crippen LogP contribution in [-0.4, -0.2) is 51.2 Å². The number of hydrogen-bond acceptors (Lipinski definition) is 4. The van der Waals surface area contributed by atoms with Crippen molar-refractivity contribution in [2.45, 2.75) is 25.1 Å². The minimum atomic E-state index is -1.67. The SMILES string of the molecule is CNC(=O)C(C)S(=O)CC(NC(C)=O)C(=O)O. The van der Waals surface area contributed by atoms with Gasteiger partial charge >= 0.3 is 5.97 Å². The van der Waals surface area contributed by atoms with E-state index in [9.17, 15) is 18.6 Å². The maximum absolute atomic E-state index is 11.7. The molecular weight excluding hydrogens is 248 g/mol. The minimum absolute atomic E-state index is 0.302. The maximum Gasteiger partial charge on any atom is 0.327 e. The number of aliphatic carboxylic acids is 1. The standard InChI is InChI=1S/C9H16N2O5S/c1-5(8(13)10-3)17(16)4-7(9(14)15)11-6(2)12/h5,7H,4H2,1-3H3,(H,10,13)(H,11,12)(H,14,15). The molecule has 2 amide bonds. The van der Waals surface area contributed by atoms with E-state index in [2.05, 4.69) is 10.6 Å². The summed E-state index contributed by atoms with van der Waals surface area (Å²) in [4.78, 5) is 32.7. The minimum Gasteiger partial charge on any atom is -0.480 e. The molecule has 0 aliphatic heterocycles. The van der Waals surface area contributed by atoms with Gasteiger partial charge in [-0.05, 0) is 6.92 Å². The number of hydrogen-bond donors (Lipinski definition) is 3. The highest BCUT2D eigenvalue weighted by Crippen LogP contribution is 2.00. The number of carboxylic acid groups (broad SMARTS) is 1. The van der Waals surface area contributed by atoms with E-state index in [0.717, 1.165) is 0 Å². The largest absolute Gasteiger partial charge is 0.480 e. The molecule has 0 saturated carbocycles. The third kappa shape index (κ3) is 5.43. The predicted molar refractivity (Wildman–Crippen MR) is 61.8 cm³/mol. The first kappa shape index (κ1) is 15.6. The van der Waals surface area contributed by atoms with E-state index in [0.29, 0.717) is 0 Å². The number of amides is 2. The Hall–Kier alpha value is -1.44. The molecule has 7 nitrogen and oxygen atoms in total. The third-order valence-corrected chi connectivity index (χ3v) is 3.68. The third-order valence-electron chi connectivity index (χ3n) is 2.02. The number of rotatable bonds is 6. The summed E-state index contributed by atoms with van der Waals surface area (Å²) in [5.41, 5.74) is 0. The van der Waals surface area contributed by atoms with Gasteiger partial charge < -0.3 is 15.7 Å². The average molecular weight is 264 g/mol. The molecular formula is C9H16N2O5S. The number of carboxylic acids is 1. The van der Waals surface area contributed by atoms with Gasteiger partial charge in [0.2, 0.25) is 11.8 Å². The zero-order chi connectivity index (χ0) is 13.6. The summed E-state index contributed by atoms with van der Waals surface area (Å²) in [6.07, 6.45) is 0. The van der Waals surface area contributed by atoms with Crippen LogP contribution in [0.15, 0.2) is 0 Å². The maximum atomic E-state index is 11.7. The van der Waals surface area contributed by atoms with Crippen molar-refractivity contribution in [1.82, 2.24) is 10.6 Å². The van der Waals surface area contributed by atoms with Gasteiger partial charge in [0, 0.05) is 24.8 Å². The number of nitrogens with one attached hydrogen (secondary N) is 2. The van der Waals surface area contributed by atoms with Gasteiger partial charge in [0.25, 0.3) is 0 Å². The summed E-state index contributed by atoms with van der Waals surface area (Å²) in [5, 5.41) is 12.5. The van der Waals surface area contributed by atoms with Crippen LogP contribution in [0.1, 0.15) is 13.8 Å². The molecule has 0 bridgehead atoms. The summed E-state index contributed by atoms with van der Waals surface area (Å²) in [5.74, 6) is -2.54. The summed E-state index contributed by atoms with van der Waals surface area (Å²) in [6, 6.07) is -1.25. The topological polar surface area (TPSA) is 113 Å². The monoisotopic (exact) mass is 264 g/mol. The highest BCUT2D eigenvalue weighted by molar-refractivity contribution is 7.86. The molecule has 0 heterocycles. The Morgan fingerprint density at radius 3 is 2.24 bits per heavy atom. The van der Waals surface area contributed by atoms with Gasteiger partial charge in [0.15, 0.2) is 0 Å². The molecule has 0 rings (SSSR count). The van der Waals surface area contributed by atoms with E-state index in [4.69, 9.17) is 5.11 Å². The summed E-state index contributed by atoms with van der Waals surface area (Å²) < 4.78 is 11.7. The Labute approximate surface area is 101 Å². The lowest BCUT2D eigenvalue weighted by atomic mass is 10.3. The van der Waals surface area contributed by atoms with Crippen molar-refractivity contribution >= 4 is 28.6 Å². The van der Waals surface area contributed by atoms with E-state index in [1.807, 2.05) is 0 Å². The van der Waals surface area contributed by atoms with Gasteiger partial charge in [-0.25, -0.2) is 4.79 Å². The van der Waals surface area contributed by atoms with Gasteiger partial charge in [0.1, 0.15) is 11.3 Å². The molecule has 3 N–H and O–H groups in total. The van der Waals surface area contributed by atoms with Crippen LogP contribution in [0.3, 0.4) is 0 Å². The second kappa shape index (κ2) is 7.00. The number of carbonyl (C=O) groups is 3. The lowest BCUT2D eigenvalue weighted by Crippen LogP contribution is -2.46. The van der Waals surface area contributed by atoms with Gasteiger partial charge in [-0.1, -0.05) is 0 Å². The van der Waals surface area contributed by atoms with Crippen LogP contribution in [0.5, 0.6) is 0 Å². The Morgan fingerprint density at radius 2 is 1.88 bits per heavy atom. The highest BCUT2D eigenvalue weighted by atomic mass is 32.2. The highest BCUT2D eigenvalue weighted by Gasteiger charge is 2.26. The lowest BCUT2D eigenvalue weighted by Gasteiger charge is -2.15. The smallest absolute Gasteiger partial charge is 0.327 e. The fourth-order valence-corrected chi connectivity index (χ4v) is 2.25. The normalized spacial score (nSPS) is 15.5. The molecule has 17 heavy (non-hydrogen) atoms. The molecule has 0 aliphatic carbocycles. The molecule has 0 fully saturated rings. The molecule has 3 atom stereocenters. The van der Waals surface area contributed by atoms with Crippen molar-refractivity contribution in [3.8, 4) is 0 Å². The molecule has 0 radical (unpaired) electrons. The van der Waals surface area contributed by atoms with Gasteiger partial charge in [0.05, 0.1) is 5.75 Å². The zero-order valence-corrected chi connectivity index (χ0v) is 10.7. The first-order valence-electron chi connectivity index (χ1n) is 4.88. The zero-order valence-electron chi connectivity index (χ0n) is 9.85. The van der Waals surface area contributed by atoms with Crippen molar-refractivity contribution in [2.75, 3.05) is 12.8 Å².